The largest absolute Gasteiger partial charge is 0.497 e. The molecule has 20 heavy (non-hydrogen) atoms. The lowest BCUT2D eigenvalue weighted by atomic mass is 10.1. The van der Waals surface area contributed by atoms with E-state index in [4.69, 9.17) is 10.5 Å². The molecule has 2 N–H and O–H groups in total. The highest BCUT2D eigenvalue weighted by atomic mass is 19.1. The van der Waals surface area contributed by atoms with Crippen molar-refractivity contribution in [2.45, 2.75) is 0 Å². The number of ether oxygens (including phenoxy) is 1. The van der Waals surface area contributed by atoms with Crippen molar-refractivity contribution in [1.82, 2.24) is 9.97 Å². The molecule has 4 nitrogen and oxygen atoms in total. The summed E-state index contributed by atoms with van der Waals surface area (Å²) in [6, 6.07) is 11.6. The maximum Gasteiger partial charge on any atom is 0.162 e. The zero-order valence-corrected chi connectivity index (χ0v) is 10.8. The quantitative estimate of drug-likeness (QED) is 0.776. The number of rotatable bonds is 2. The van der Waals surface area contributed by atoms with Crippen molar-refractivity contribution < 1.29 is 9.13 Å². The molecule has 0 fully saturated rings. The van der Waals surface area contributed by atoms with E-state index in [1.807, 2.05) is 24.3 Å². The van der Waals surface area contributed by atoms with Crippen molar-refractivity contribution in [1.29, 1.82) is 0 Å². The lowest BCUT2D eigenvalue weighted by molar-refractivity contribution is 0.415. The lowest BCUT2D eigenvalue weighted by Crippen LogP contribution is -1.98. The first kappa shape index (κ1) is 12.3. The van der Waals surface area contributed by atoms with E-state index in [1.165, 1.54) is 12.1 Å². The predicted molar refractivity (Wildman–Crippen MR) is 75.9 cm³/mol. The van der Waals surface area contributed by atoms with Crippen LogP contribution in [-0.2, 0) is 0 Å². The fourth-order valence-electron chi connectivity index (χ4n) is 2.00. The number of nitrogen functional groups attached to an aromatic ring is 1. The molecule has 100 valence electrons. The van der Waals surface area contributed by atoms with Crippen LogP contribution < -0.4 is 10.5 Å². The fraction of sp³-hybridized carbons (Fsp3) is 0.0667. The second-order valence-corrected chi connectivity index (χ2v) is 4.32. The molecule has 0 aliphatic carbocycles. The van der Waals surface area contributed by atoms with E-state index in [1.54, 1.807) is 13.2 Å². The number of halogens is 1. The number of nitrogens with two attached hydrogens (primary N) is 1. The van der Waals surface area contributed by atoms with Crippen LogP contribution in [0.4, 0.5) is 10.2 Å². The van der Waals surface area contributed by atoms with Crippen LogP contribution in [0.15, 0.2) is 42.5 Å². The first-order valence-electron chi connectivity index (χ1n) is 6.04. The van der Waals surface area contributed by atoms with Gasteiger partial charge in [0.25, 0.3) is 0 Å². The molecule has 0 saturated carbocycles. The Morgan fingerprint density at radius 3 is 2.50 bits per heavy atom. The predicted octanol–water partition coefficient (Wildman–Crippen LogP) is 3.03. The maximum atomic E-state index is 13.3. The zero-order chi connectivity index (χ0) is 14.1. The molecule has 0 unspecified atom stereocenters. The molecule has 0 atom stereocenters. The van der Waals surface area contributed by atoms with E-state index >= 15 is 0 Å². The smallest absolute Gasteiger partial charge is 0.162 e. The van der Waals surface area contributed by atoms with Crippen molar-refractivity contribution in [3.63, 3.8) is 0 Å². The SMILES string of the molecule is COc1ccc(-c2nc(N)c3ccc(F)cc3n2)cc1. The van der Waals surface area contributed by atoms with Crippen LogP contribution in [-0.4, -0.2) is 17.1 Å². The summed E-state index contributed by atoms with van der Waals surface area (Å²) < 4.78 is 18.4. The summed E-state index contributed by atoms with van der Waals surface area (Å²) in [5, 5.41) is 0.642. The van der Waals surface area contributed by atoms with Crippen LogP contribution in [0.25, 0.3) is 22.3 Å². The van der Waals surface area contributed by atoms with Crippen LogP contribution in [0.1, 0.15) is 0 Å². The number of aromatic nitrogens is 2. The average molecular weight is 269 g/mol. The monoisotopic (exact) mass is 269 g/mol. The fourth-order valence-corrected chi connectivity index (χ4v) is 2.00. The molecular formula is C15H12FN3O. The molecule has 0 aliphatic rings. The third-order valence-corrected chi connectivity index (χ3v) is 3.04. The molecule has 2 aromatic carbocycles. The third-order valence-electron chi connectivity index (χ3n) is 3.04. The molecule has 0 radical (unpaired) electrons. The number of nitrogens with zero attached hydrogens (tertiary/aromatic N) is 2. The first-order valence-corrected chi connectivity index (χ1v) is 6.04. The third kappa shape index (κ3) is 2.14. The second kappa shape index (κ2) is 4.77. The molecule has 3 aromatic rings. The number of hydrogen-bond acceptors (Lipinski definition) is 4. The Morgan fingerprint density at radius 1 is 1.05 bits per heavy atom. The highest BCUT2D eigenvalue weighted by Crippen LogP contribution is 2.25. The second-order valence-electron chi connectivity index (χ2n) is 4.32. The van der Waals surface area contributed by atoms with E-state index in [-0.39, 0.29) is 5.82 Å². The number of hydrogen-bond donors (Lipinski definition) is 1. The zero-order valence-electron chi connectivity index (χ0n) is 10.8. The van der Waals surface area contributed by atoms with Gasteiger partial charge in [-0.15, -0.1) is 0 Å². The standard InChI is InChI=1S/C15H12FN3O/c1-20-11-5-2-9(3-6-11)15-18-13-8-10(16)4-7-12(13)14(17)19-15/h2-8H,1H3,(H2,17,18,19). The van der Waals surface area contributed by atoms with Gasteiger partial charge in [0.05, 0.1) is 12.6 Å². The minimum absolute atomic E-state index is 0.334. The molecule has 0 spiro atoms. The molecule has 5 heteroatoms. The Kier molecular flexibility index (Phi) is 2.95. The first-order chi connectivity index (χ1) is 9.67. The molecule has 0 saturated heterocycles. The van der Waals surface area contributed by atoms with Gasteiger partial charge in [-0.25, -0.2) is 14.4 Å². The van der Waals surface area contributed by atoms with Crippen molar-refractivity contribution in [3.05, 3.63) is 48.3 Å². The van der Waals surface area contributed by atoms with Crippen molar-refractivity contribution >= 4 is 16.7 Å². The minimum atomic E-state index is -0.351. The van der Waals surface area contributed by atoms with E-state index in [2.05, 4.69) is 9.97 Å². The van der Waals surface area contributed by atoms with E-state index in [0.717, 1.165) is 11.3 Å². The maximum absolute atomic E-state index is 13.3. The normalized spacial score (nSPS) is 10.7. The van der Waals surface area contributed by atoms with Crippen LogP contribution >= 0.6 is 0 Å². The van der Waals surface area contributed by atoms with Gasteiger partial charge in [0.15, 0.2) is 5.82 Å². The molecule has 0 aliphatic heterocycles. The lowest BCUT2D eigenvalue weighted by Gasteiger charge is -2.06. The van der Waals surface area contributed by atoms with E-state index in [0.29, 0.717) is 22.5 Å². The Morgan fingerprint density at radius 2 is 1.80 bits per heavy atom. The topological polar surface area (TPSA) is 61.0 Å². The van der Waals surface area contributed by atoms with E-state index < -0.39 is 0 Å². The van der Waals surface area contributed by atoms with Crippen molar-refractivity contribution in [3.8, 4) is 17.1 Å². The van der Waals surface area contributed by atoms with Crippen LogP contribution in [0, 0.1) is 5.82 Å². The molecular weight excluding hydrogens is 257 g/mol. The average Bonchev–Trinajstić information content (AvgIpc) is 2.46. The van der Waals surface area contributed by atoms with Crippen LogP contribution in [0.2, 0.25) is 0 Å². The van der Waals surface area contributed by atoms with Gasteiger partial charge in [0, 0.05) is 17.0 Å². The van der Waals surface area contributed by atoms with Crippen LogP contribution in [0.5, 0.6) is 5.75 Å². The van der Waals surface area contributed by atoms with Gasteiger partial charge in [-0.2, -0.15) is 0 Å². The molecule has 0 amide bonds. The van der Waals surface area contributed by atoms with Crippen LogP contribution in [0.3, 0.4) is 0 Å². The Balaban J connectivity index is 2.15. The summed E-state index contributed by atoms with van der Waals surface area (Å²) in [4.78, 5) is 8.61. The van der Waals surface area contributed by atoms with Gasteiger partial charge in [0.1, 0.15) is 17.4 Å². The Bertz CT molecular complexity index is 772. The molecule has 1 heterocycles. The number of anilines is 1. The Hall–Kier alpha value is -2.69. The van der Waals surface area contributed by atoms with Gasteiger partial charge in [-0.1, -0.05) is 0 Å². The summed E-state index contributed by atoms with van der Waals surface area (Å²) in [6.45, 7) is 0. The molecule has 3 rings (SSSR count). The van der Waals surface area contributed by atoms with Crippen molar-refractivity contribution in [2.24, 2.45) is 0 Å². The summed E-state index contributed by atoms with van der Waals surface area (Å²) in [6.07, 6.45) is 0. The van der Waals surface area contributed by atoms with Gasteiger partial charge in [0.2, 0.25) is 0 Å². The van der Waals surface area contributed by atoms with Gasteiger partial charge >= 0.3 is 0 Å². The van der Waals surface area contributed by atoms with Gasteiger partial charge in [-0.05, 0) is 36.4 Å². The summed E-state index contributed by atoms with van der Waals surface area (Å²) in [5.74, 6) is 1.19. The summed E-state index contributed by atoms with van der Waals surface area (Å²) in [5.41, 5.74) is 7.19. The molecule has 1 aromatic heterocycles. The summed E-state index contributed by atoms with van der Waals surface area (Å²) in [7, 11) is 1.60. The van der Waals surface area contributed by atoms with Gasteiger partial charge < -0.3 is 10.5 Å². The molecule has 0 bridgehead atoms. The summed E-state index contributed by atoms with van der Waals surface area (Å²) >= 11 is 0. The van der Waals surface area contributed by atoms with Crippen molar-refractivity contribution in [2.75, 3.05) is 12.8 Å². The number of benzene rings is 2. The highest BCUT2D eigenvalue weighted by Gasteiger charge is 2.08. The number of fused-ring (bicyclic) bond motifs is 1. The Labute approximate surface area is 115 Å². The minimum Gasteiger partial charge on any atom is -0.497 e. The van der Waals surface area contributed by atoms with Gasteiger partial charge in [-0.3, -0.25) is 0 Å². The van der Waals surface area contributed by atoms with E-state index in [9.17, 15) is 4.39 Å². The number of methoxy groups -OCH3 is 1. The highest BCUT2D eigenvalue weighted by molar-refractivity contribution is 5.89.